The SMILES string of the molecule is CC[C@H](NC(=O)Cc1cccs1)c1ccc(C)cc1. The first-order chi connectivity index (χ1) is 9.19. The van der Waals surface area contributed by atoms with Gasteiger partial charge in [-0.3, -0.25) is 4.79 Å². The minimum atomic E-state index is 0.0925. The Labute approximate surface area is 118 Å². The van der Waals surface area contributed by atoms with Crippen LogP contribution in [0, 0.1) is 6.92 Å². The number of hydrogen-bond acceptors (Lipinski definition) is 2. The van der Waals surface area contributed by atoms with Gasteiger partial charge in [-0.2, -0.15) is 0 Å². The molecule has 0 radical (unpaired) electrons. The Hall–Kier alpha value is -1.61. The molecule has 0 unspecified atom stereocenters. The highest BCUT2D eigenvalue weighted by molar-refractivity contribution is 7.10. The number of rotatable bonds is 5. The first kappa shape index (κ1) is 13.8. The third-order valence-corrected chi connectivity index (χ3v) is 4.01. The number of carbonyl (C=O) groups is 1. The fourth-order valence-corrected chi connectivity index (χ4v) is 2.74. The molecule has 1 aromatic heterocycles. The summed E-state index contributed by atoms with van der Waals surface area (Å²) in [7, 11) is 0. The molecule has 0 bridgehead atoms. The maximum absolute atomic E-state index is 12.0. The molecule has 2 aromatic rings. The molecule has 1 aromatic carbocycles. The fraction of sp³-hybridized carbons (Fsp3) is 0.312. The van der Waals surface area contributed by atoms with Gasteiger partial charge in [-0.1, -0.05) is 42.8 Å². The summed E-state index contributed by atoms with van der Waals surface area (Å²) < 4.78 is 0. The summed E-state index contributed by atoms with van der Waals surface area (Å²) in [6.07, 6.45) is 1.37. The number of aryl methyl sites for hydroxylation is 1. The van der Waals surface area contributed by atoms with E-state index in [1.807, 2.05) is 17.5 Å². The van der Waals surface area contributed by atoms with E-state index in [0.29, 0.717) is 6.42 Å². The number of hydrogen-bond donors (Lipinski definition) is 1. The maximum atomic E-state index is 12.0. The Morgan fingerprint density at radius 1 is 1.26 bits per heavy atom. The molecule has 0 saturated carbocycles. The van der Waals surface area contributed by atoms with Crippen LogP contribution in [0.4, 0.5) is 0 Å². The smallest absolute Gasteiger partial charge is 0.225 e. The second kappa shape index (κ2) is 6.53. The molecule has 0 aliphatic carbocycles. The Morgan fingerprint density at radius 3 is 2.58 bits per heavy atom. The van der Waals surface area contributed by atoms with E-state index < -0.39 is 0 Å². The Morgan fingerprint density at radius 2 is 2.00 bits per heavy atom. The van der Waals surface area contributed by atoms with Crippen LogP contribution in [0.3, 0.4) is 0 Å². The Kier molecular flexibility index (Phi) is 4.74. The van der Waals surface area contributed by atoms with Crippen LogP contribution in [-0.2, 0) is 11.2 Å². The number of thiophene rings is 1. The van der Waals surface area contributed by atoms with Crippen LogP contribution < -0.4 is 5.32 Å². The predicted molar refractivity (Wildman–Crippen MR) is 80.4 cm³/mol. The second-order valence-corrected chi connectivity index (χ2v) is 5.73. The molecule has 3 heteroatoms. The molecule has 1 N–H and O–H groups in total. The molecule has 0 aliphatic heterocycles. The van der Waals surface area contributed by atoms with E-state index in [2.05, 4.69) is 43.4 Å². The van der Waals surface area contributed by atoms with Gasteiger partial charge in [0.2, 0.25) is 5.91 Å². The van der Waals surface area contributed by atoms with Crippen LogP contribution >= 0.6 is 11.3 Å². The van der Waals surface area contributed by atoms with E-state index in [-0.39, 0.29) is 11.9 Å². The number of carbonyl (C=O) groups excluding carboxylic acids is 1. The van der Waals surface area contributed by atoms with E-state index in [9.17, 15) is 4.79 Å². The van der Waals surface area contributed by atoms with Gasteiger partial charge in [0.1, 0.15) is 0 Å². The lowest BCUT2D eigenvalue weighted by molar-refractivity contribution is -0.121. The van der Waals surface area contributed by atoms with Crippen molar-refractivity contribution >= 4 is 17.2 Å². The van der Waals surface area contributed by atoms with Gasteiger partial charge in [0.25, 0.3) is 0 Å². The zero-order valence-corrected chi connectivity index (χ0v) is 12.2. The van der Waals surface area contributed by atoms with Gasteiger partial charge in [-0.15, -0.1) is 11.3 Å². The van der Waals surface area contributed by atoms with E-state index in [1.165, 1.54) is 11.1 Å². The van der Waals surface area contributed by atoms with Crippen LogP contribution in [0.1, 0.15) is 35.4 Å². The lowest BCUT2D eigenvalue weighted by Crippen LogP contribution is -2.29. The third-order valence-electron chi connectivity index (χ3n) is 3.14. The normalized spacial score (nSPS) is 12.1. The maximum Gasteiger partial charge on any atom is 0.225 e. The summed E-state index contributed by atoms with van der Waals surface area (Å²) in [4.78, 5) is 13.1. The van der Waals surface area contributed by atoms with E-state index in [4.69, 9.17) is 0 Å². The fourth-order valence-electron chi connectivity index (χ4n) is 2.04. The average molecular weight is 273 g/mol. The van der Waals surface area contributed by atoms with Crippen LogP contribution in [-0.4, -0.2) is 5.91 Å². The standard InChI is InChI=1S/C16H19NOS/c1-3-15(13-8-6-12(2)7-9-13)17-16(18)11-14-5-4-10-19-14/h4-10,15H,3,11H2,1-2H3,(H,17,18)/t15-/m0/s1. The topological polar surface area (TPSA) is 29.1 Å². The molecule has 0 aliphatic rings. The number of nitrogens with one attached hydrogen (secondary N) is 1. The van der Waals surface area contributed by atoms with Crippen LogP contribution in [0.15, 0.2) is 41.8 Å². The van der Waals surface area contributed by atoms with Crippen molar-refractivity contribution in [3.63, 3.8) is 0 Å². The van der Waals surface area contributed by atoms with Crippen LogP contribution in [0.25, 0.3) is 0 Å². The predicted octanol–water partition coefficient (Wildman–Crippen LogP) is 3.87. The highest BCUT2D eigenvalue weighted by Crippen LogP contribution is 2.18. The zero-order valence-electron chi connectivity index (χ0n) is 11.3. The van der Waals surface area contributed by atoms with Gasteiger partial charge in [-0.25, -0.2) is 0 Å². The second-order valence-electron chi connectivity index (χ2n) is 4.70. The molecule has 1 atom stereocenters. The molecule has 1 amide bonds. The minimum Gasteiger partial charge on any atom is -0.349 e. The highest BCUT2D eigenvalue weighted by atomic mass is 32.1. The number of benzene rings is 1. The Bertz CT molecular complexity index is 516. The van der Waals surface area contributed by atoms with Crippen LogP contribution in [0.5, 0.6) is 0 Å². The van der Waals surface area contributed by atoms with Crippen molar-refractivity contribution in [3.8, 4) is 0 Å². The van der Waals surface area contributed by atoms with Crippen molar-refractivity contribution in [2.75, 3.05) is 0 Å². The van der Waals surface area contributed by atoms with Gasteiger partial charge >= 0.3 is 0 Å². The van der Waals surface area contributed by atoms with Gasteiger partial charge < -0.3 is 5.32 Å². The molecule has 0 spiro atoms. The summed E-state index contributed by atoms with van der Waals surface area (Å²) in [6.45, 7) is 4.16. The first-order valence-electron chi connectivity index (χ1n) is 6.57. The zero-order chi connectivity index (χ0) is 13.7. The summed E-state index contributed by atoms with van der Waals surface area (Å²) >= 11 is 1.62. The molecule has 1 heterocycles. The summed E-state index contributed by atoms with van der Waals surface area (Å²) in [5.41, 5.74) is 2.41. The molecule has 2 nitrogen and oxygen atoms in total. The van der Waals surface area contributed by atoms with Crippen molar-refractivity contribution < 1.29 is 4.79 Å². The van der Waals surface area contributed by atoms with E-state index in [1.54, 1.807) is 11.3 Å². The first-order valence-corrected chi connectivity index (χ1v) is 7.45. The molecular formula is C16H19NOS. The van der Waals surface area contributed by atoms with E-state index >= 15 is 0 Å². The average Bonchev–Trinajstić information content (AvgIpc) is 2.90. The van der Waals surface area contributed by atoms with Crippen molar-refractivity contribution in [2.24, 2.45) is 0 Å². The quantitative estimate of drug-likeness (QED) is 0.880. The van der Waals surface area contributed by atoms with Gasteiger partial charge in [-0.05, 0) is 30.4 Å². The summed E-state index contributed by atoms with van der Waals surface area (Å²) in [5, 5.41) is 5.11. The van der Waals surface area contributed by atoms with E-state index in [0.717, 1.165) is 11.3 Å². The molecule has 0 saturated heterocycles. The third kappa shape index (κ3) is 3.93. The minimum absolute atomic E-state index is 0.0925. The largest absolute Gasteiger partial charge is 0.349 e. The molecule has 2 rings (SSSR count). The molecular weight excluding hydrogens is 254 g/mol. The van der Waals surface area contributed by atoms with Gasteiger partial charge in [0.15, 0.2) is 0 Å². The lowest BCUT2D eigenvalue weighted by Gasteiger charge is -2.17. The van der Waals surface area contributed by atoms with Gasteiger partial charge in [0, 0.05) is 4.88 Å². The van der Waals surface area contributed by atoms with Crippen molar-refractivity contribution in [1.82, 2.24) is 5.32 Å². The highest BCUT2D eigenvalue weighted by Gasteiger charge is 2.13. The molecule has 100 valence electrons. The molecule has 0 fully saturated rings. The monoisotopic (exact) mass is 273 g/mol. The lowest BCUT2D eigenvalue weighted by atomic mass is 10.0. The molecule has 19 heavy (non-hydrogen) atoms. The van der Waals surface area contributed by atoms with Crippen molar-refractivity contribution in [2.45, 2.75) is 32.7 Å². The summed E-state index contributed by atoms with van der Waals surface area (Å²) in [5.74, 6) is 0.0925. The van der Waals surface area contributed by atoms with Crippen molar-refractivity contribution in [1.29, 1.82) is 0 Å². The van der Waals surface area contributed by atoms with Crippen molar-refractivity contribution in [3.05, 3.63) is 57.8 Å². The van der Waals surface area contributed by atoms with Crippen LogP contribution in [0.2, 0.25) is 0 Å². The summed E-state index contributed by atoms with van der Waals surface area (Å²) in [6, 6.07) is 12.4. The van der Waals surface area contributed by atoms with Gasteiger partial charge in [0.05, 0.1) is 12.5 Å². The Balaban J connectivity index is 1.98. The number of amides is 1.